The van der Waals surface area contributed by atoms with Crippen molar-refractivity contribution in [1.82, 2.24) is 20.8 Å². The number of nitrogens with zero attached hydrogens (tertiary/aromatic N) is 1. The molecule has 0 saturated heterocycles. The number of halogens is 1. The maximum Gasteiger partial charge on any atom is 0.255 e. The first-order valence-electron chi connectivity index (χ1n) is 8.98. The van der Waals surface area contributed by atoms with E-state index in [4.69, 9.17) is 0 Å². The Labute approximate surface area is 161 Å². The predicted octanol–water partition coefficient (Wildman–Crippen LogP) is 2.75. The maximum absolute atomic E-state index is 13.6. The fraction of sp³-hybridized carbons (Fsp3) is 0.190. The zero-order valence-corrected chi connectivity index (χ0v) is 15.2. The number of rotatable bonds is 4. The minimum atomic E-state index is -0.395. The summed E-state index contributed by atoms with van der Waals surface area (Å²) in [5.41, 5.74) is 3.36. The number of aromatic amines is 1. The molecule has 4 rings (SSSR count). The molecule has 0 bridgehead atoms. The Morgan fingerprint density at radius 2 is 1.96 bits per heavy atom. The Kier molecular flexibility index (Phi) is 4.65. The molecule has 0 radical (unpaired) electrons. The molecule has 2 atom stereocenters. The third-order valence-corrected chi connectivity index (χ3v) is 4.90. The van der Waals surface area contributed by atoms with E-state index in [2.05, 4.69) is 20.8 Å². The molecule has 0 saturated carbocycles. The van der Waals surface area contributed by atoms with Crippen molar-refractivity contribution in [1.29, 1.82) is 0 Å². The van der Waals surface area contributed by atoms with Crippen molar-refractivity contribution in [2.45, 2.75) is 25.4 Å². The summed E-state index contributed by atoms with van der Waals surface area (Å²) in [5, 5.41) is 12.7. The van der Waals surface area contributed by atoms with Crippen molar-refractivity contribution >= 4 is 11.8 Å². The van der Waals surface area contributed by atoms with Crippen molar-refractivity contribution in [3.8, 4) is 11.3 Å². The molecule has 142 valence electrons. The van der Waals surface area contributed by atoms with Crippen molar-refractivity contribution in [2.75, 3.05) is 0 Å². The average molecular weight is 378 g/mol. The van der Waals surface area contributed by atoms with Crippen LogP contribution in [0.5, 0.6) is 0 Å². The van der Waals surface area contributed by atoms with Crippen LogP contribution in [0.2, 0.25) is 0 Å². The third-order valence-electron chi connectivity index (χ3n) is 4.90. The molecule has 1 aliphatic carbocycles. The average Bonchev–Trinajstić information content (AvgIpc) is 3.27. The summed E-state index contributed by atoms with van der Waals surface area (Å²) in [4.78, 5) is 24.6. The van der Waals surface area contributed by atoms with E-state index in [1.807, 2.05) is 24.3 Å². The van der Waals surface area contributed by atoms with Crippen LogP contribution in [0.3, 0.4) is 0 Å². The molecule has 2 aromatic carbocycles. The van der Waals surface area contributed by atoms with Crippen LogP contribution in [0.1, 0.15) is 34.5 Å². The van der Waals surface area contributed by atoms with E-state index in [-0.39, 0.29) is 23.9 Å². The number of carbonyl (C=O) groups is 2. The first kappa shape index (κ1) is 17.9. The largest absolute Gasteiger partial charge is 0.351 e. The summed E-state index contributed by atoms with van der Waals surface area (Å²) in [7, 11) is 0. The minimum absolute atomic E-state index is 0.152. The van der Waals surface area contributed by atoms with Crippen LogP contribution in [-0.4, -0.2) is 28.1 Å². The van der Waals surface area contributed by atoms with E-state index in [0.717, 1.165) is 11.1 Å². The Hall–Kier alpha value is -3.48. The molecular weight excluding hydrogens is 359 g/mol. The summed E-state index contributed by atoms with van der Waals surface area (Å²) in [6.45, 7) is 1.46. The Balaban J connectivity index is 1.63. The van der Waals surface area contributed by atoms with Gasteiger partial charge in [0.2, 0.25) is 5.91 Å². The first-order valence-corrected chi connectivity index (χ1v) is 8.98. The second-order valence-electron chi connectivity index (χ2n) is 6.83. The molecule has 3 aromatic rings. The van der Waals surface area contributed by atoms with E-state index in [1.165, 1.54) is 25.3 Å². The van der Waals surface area contributed by atoms with Crippen LogP contribution >= 0.6 is 0 Å². The van der Waals surface area contributed by atoms with Crippen LogP contribution in [-0.2, 0) is 11.2 Å². The molecule has 0 unspecified atom stereocenters. The lowest BCUT2D eigenvalue weighted by Crippen LogP contribution is -2.43. The first-order chi connectivity index (χ1) is 13.5. The van der Waals surface area contributed by atoms with Crippen molar-refractivity contribution in [2.24, 2.45) is 0 Å². The van der Waals surface area contributed by atoms with Gasteiger partial charge in [-0.1, -0.05) is 36.4 Å². The van der Waals surface area contributed by atoms with Gasteiger partial charge in [0.05, 0.1) is 29.5 Å². The molecular formula is C21H19FN4O2. The van der Waals surface area contributed by atoms with Gasteiger partial charge >= 0.3 is 0 Å². The molecule has 28 heavy (non-hydrogen) atoms. The van der Waals surface area contributed by atoms with Crippen molar-refractivity contribution < 1.29 is 14.0 Å². The summed E-state index contributed by atoms with van der Waals surface area (Å²) in [6, 6.07) is 13.2. The smallest absolute Gasteiger partial charge is 0.255 e. The molecule has 2 amide bonds. The van der Waals surface area contributed by atoms with Crippen LogP contribution in [0.4, 0.5) is 4.39 Å². The van der Waals surface area contributed by atoms with Crippen LogP contribution in [0.15, 0.2) is 54.7 Å². The Bertz CT molecular complexity index is 1050. The molecule has 6 nitrogen and oxygen atoms in total. The number of fused-ring (bicyclic) bond motifs is 1. The summed E-state index contributed by atoms with van der Waals surface area (Å²) in [5.74, 6) is -0.889. The molecule has 1 aliphatic rings. The maximum atomic E-state index is 13.6. The second kappa shape index (κ2) is 7.26. The zero-order chi connectivity index (χ0) is 19.7. The lowest BCUT2D eigenvalue weighted by Gasteiger charge is -2.22. The lowest BCUT2D eigenvalue weighted by atomic mass is 10.0. The SMILES string of the molecule is CC(=O)N[C@@H]1Cc2ccccc2[C@H]1NC(=O)c1cn[nH]c1-c1cccc(F)c1. The number of hydrogen-bond donors (Lipinski definition) is 3. The van der Waals surface area contributed by atoms with Crippen molar-refractivity contribution in [3.05, 3.63) is 77.2 Å². The molecule has 0 aliphatic heterocycles. The summed E-state index contributed by atoms with van der Waals surface area (Å²) < 4.78 is 13.6. The number of benzene rings is 2. The van der Waals surface area contributed by atoms with E-state index < -0.39 is 5.82 Å². The van der Waals surface area contributed by atoms with Gasteiger partial charge in [0.1, 0.15) is 5.82 Å². The normalized spacial score (nSPS) is 17.8. The fourth-order valence-corrected chi connectivity index (χ4v) is 3.71. The molecule has 0 spiro atoms. The third kappa shape index (κ3) is 3.38. The van der Waals surface area contributed by atoms with Gasteiger partial charge in [-0.25, -0.2) is 4.39 Å². The Morgan fingerprint density at radius 1 is 1.14 bits per heavy atom. The molecule has 7 heteroatoms. The summed E-state index contributed by atoms with van der Waals surface area (Å²) in [6.07, 6.45) is 2.06. The topological polar surface area (TPSA) is 86.9 Å². The Morgan fingerprint density at radius 3 is 2.75 bits per heavy atom. The van der Waals surface area contributed by atoms with Gasteiger partial charge in [0.25, 0.3) is 5.91 Å². The highest BCUT2D eigenvalue weighted by atomic mass is 19.1. The highest BCUT2D eigenvalue weighted by molar-refractivity contribution is 6.00. The van der Waals surface area contributed by atoms with E-state index in [1.54, 1.807) is 12.1 Å². The van der Waals surface area contributed by atoms with Gasteiger partial charge in [-0.05, 0) is 29.7 Å². The van der Waals surface area contributed by atoms with Crippen LogP contribution in [0, 0.1) is 5.82 Å². The van der Waals surface area contributed by atoms with Gasteiger partial charge in [-0.15, -0.1) is 0 Å². The van der Waals surface area contributed by atoms with E-state index in [0.29, 0.717) is 23.2 Å². The van der Waals surface area contributed by atoms with Gasteiger partial charge in [-0.3, -0.25) is 14.7 Å². The highest BCUT2D eigenvalue weighted by Crippen LogP contribution is 2.32. The molecule has 3 N–H and O–H groups in total. The van der Waals surface area contributed by atoms with Crippen LogP contribution < -0.4 is 10.6 Å². The lowest BCUT2D eigenvalue weighted by molar-refractivity contribution is -0.119. The van der Waals surface area contributed by atoms with Crippen LogP contribution in [0.25, 0.3) is 11.3 Å². The van der Waals surface area contributed by atoms with E-state index >= 15 is 0 Å². The molecule has 1 aromatic heterocycles. The second-order valence-corrected chi connectivity index (χ2v) is 6.83. The van der Waals surface area contributed by atoms with Gasteiger partial charge in [0, 0.05) is 12.5 Å². The van der Waals surface area contributed by atoms with Crippen molar-refractivity contribution in [3.63, 3.8) is 0 Å². The zero-order valence-electron chi connectivity index (χ0n) is 15.2. The number of hydrogen-bond acceptors (Lipinski definition) is 3. The number of nitrogens with one attached hydrogen (secondary N) is 3. The van der Waals surface area contributed by atoms with Gasteiger partial charge in [-0.2, -0.15) is 5.10 Å². The number of aromatic nitrogens is 2. The predicted molar refractivity (Wildman–Crippen MR) is 102 cm³/mol. The number of carbonyl (C=O) groups excluding carboxylic acids is 2. The standard InChI is InChI=1S/C21H19FN4O2/c1-12(27)24-18-10-13-5-2-3-8-16(13)20(18)25-21(28)17-11-23-26-19(17)14-6-4-7-15(22)9-14/h2-9,11,18,20H,10H2,1H3,(H,23,26)(H,24,27)(H,25,28)/t18-,20-/m1/s1. The van der Waals surface area contributed by atoms with Gasteiger partial charge in [0.15, 0.2) is 0 Å². The monoisotopic (exact) mass is 378 g/mol. The van der Waals surface area contributed by atoms with Gasteiger partial charge < -0.3 is 10.6 Å². The quantitative estimate of drug-likeness (QED) is 0.652. The summed E-state index contributed by atoms with van der Waals surface area (Å²) >= 11 is 0. The number of amides is 2. The molecule has 0 fully saturated rings. The van der Waals surface area contributed by atoms with E-state index in [9.17, 15) is 14.0 Å². The molecule has 1 heterocycles. The number of H-pyrrole nitrogens is 1. The minimum Gasteiger partial charge on any atom is -0.351 e. The fourth-order valence-electron chi connectivity index (χ4n) is 3.71. The highest BCUT2D eigenvalue weighted by Gasteiger charge is 2.34.